The molecule has 2 fully saturated rings. The van der Waals surface area contributed by atoms with E-state index in [-0.39, 0.29) is 0 Å². The Balaban J connectivity index is 1.31. The van der Waals surface area contributed by atoms with Crippen LogP contribution < -0.4 is 0 Å². The molecule has 0 radical (unpaired) electrons. The molecule has 0 aliphatic heterocycles. The van der Waals surface area contributed by atoms with Crippen molar-refractivity contribution in [1.82, 2.24) is 0 Å². The SMILES string of the molecule is C=CCOC1CCC2CC(C3CCc4cc(CC/C=C/C)ccc4C3)CCC2C1. The molecule has 0 N–H and O–H groups in total. The summed E-state index contributed by atoms with van der Waals surface area (Å²) < 4.78 is 5.98. The Morgan fingerprint density at radius 1 is 0.966 bits per heavy atom. The molecule has 0 amide bonds. The second kappa shape index (κ2) is 10.1. The smallest absolute Gasteiger partial charge is 0.0648 e. The highest BCUT2D eigenvalue weighted by molar-refractivity contribution is 5.34. The minimum Gasteiger partial charge on any atom is -0.374 e. The van der Waals surface area contributed by atoms with Crippen molar-refractivity contribution in [3.8, 4) is 0 Å². The van der Waals surface area contributed by atoms with Gasteiger partial charge >= 0.3 is 0 Å². The molecular weight excluding hydrogens is 352 g/mol. The first kappa shape index (κ1) is 20.9. The van der Waals surface area contributed by atoms with Crippen LogP contribution in [0.1, 0.15) is 75.0 Å². The van der Waals surface area contributed by atoms with Crippen LogP contribution in [0.15, 0.2) is 43.0 Å². The van der Waals surface area contributed by atoms with Crippen LogP contribution in [0.3, 0.4) is 0 Å². The number of fused-ring (bicyclic) bond motifs is 2. The fraction of sp³-hybridized carbons (Fsp3) is 0.643. The van der Waals surface area contributed by atoms with Crippen molar-refractivity contribution in [3.05, 3.63) is 59.7 Å². The van der Waals surface area contributed by atoms with Gasteiger partial charge in [-0.25, -0.2) is 0 Å². The van der Waals surface area contributed by atoms with Crippen LogP contribution in [0.25, 0.3) is 0 Å². The summed E-state index contributed by atoms with van der Waals surface area (Å²) in [4.78, 5) is 0. The molecule has 3 aliphatic rings. The molecule has 0 spiro atoms. The topological polar surface area (TPSA) is 9.23 Å². The van der Waals surface area contributed by atoms with Crippen LogP contribution in [-0.4, -0.2) is 12.7 Å². The molecule has 5 atom stereocenters. The highest BCUT2D eigenvalue weighted by Gasteiger charge is 2.38. The highest BCUT2D eigenvalue weighted by atomic mass is 16.5. The molecule has 0 aromatic heterocycles. The van der Waals surface area contributed by atoms with E-state index in [1.165, 1.54) is 76.2 Å². The number of allylic oxidation sites excluding steroid dienone is 2. The lowest BCUT2D eigenvalue weighted by Crippen LogP contribution is -2.37. The average molecular weight is 393 g/mol. The van der Waals surface area contributed by atoms with Gasteiger partial charge in [0.1, 0.15) is 0 Å². The van der Waals surface area contributed by atoms with Crippen LogP contribution in [0.5, 0.6) is 0 Å². The van der Waals surface area contributed by atoms with E-state index in [9.17, 15) is 0 Å². The summed E-state index contributed by atoms with van der Waals surface area (Å²) in [5.41, 5.74) is 4.82. The first-order valence-electron chi connectivity index (χ1n) is 12.2. The van der Waals surface area contributed by atoms with Crippen molar-refractivity contribution in [1.29, 1.82) is 0 Å². The first-order chi connectivity index (χ1) is 14.3. The van der Waals surface area contributed by atoms with Gasteiger partial charge in [-0.3, -0.25) is 0 Å². The second-order valence-electron chi connectivity index (χ2n) is 9.86. The Bertz CT molecular complexity index is 702. The Labute approximate surface area is 178 Å². The van der Waals surface area contributed by atoms with Gasteiger partial charge in [-0.15, -0.1) is 6.58 Å². The predicted octanol–water partition coefficient (Wildman–Crippen LogP) is 7.09. The lowest BCUT2D eigenvalue weighted by molar-refractivity contribution is -0.0137. The van der Waals surface area contributed by atoms with Gasteiger partial charge in [0.2, 0.25) is 0 Å². The zero-order valence-corrected chi connectivity index (χ0v) is 18.5. The molecule has 0 bridgehead atoms. The molecule has 1 nitrogen and oxygen atoms in total. The minimum atomic E-state index is 0.495. The third-order valence-electron chi connectivity index (χ3n) is 8.09. The number of hydrogen-bond donors (Lipinski definition) is 0. The van der Waals surface area contributed by atoms with E-state index in [0.717, 1.165) is 30.3 Å². The third-order valence-corrected chi connectivity index (χ3v) is 8.09. The monoisotopic (exact) mass is 392 g/mol. The first-order valence-corrected chi connectivity index (χ1v) is 12.2. The average Bonchev–Trinajstić information content (AvgIpc) is 2.77. The van der Waals surface area contributed by atoms with E-state index < -0.39 is 0 Å². The molecule has 4 rings (SSSR count). The van der Waals surface area contributed by atoms with Crippen LogP contribution in [0, 0.1) is 23.7 Å². The number of hydrogen-bond acceptors (Lipinski definition) is 1. The zero-order valence-electron chi connectivity index (χ0n) is 18.5. The van der Waals surface area contributed by atoms with Crippen LogP contribution in [0.4, 0.5) is 0 Å². The molecule has 2 saturated carbocycles. The Morgan fingerprint density at radius 2 is 1.76 bits per heavy atom. The Hall–Kier alpha value is -1.34. The summed E-state index contributed by atoms with van der Waals surface area (Å²) in [6, 6.07) is 7.36. The van der Waals surface area contributed by atoms with Gasteiger partial charge in [0.15, 0.2) is 0 Å². The zero-order chi connectivity index (χ0) is 20.1. The van der Waals surface area contributed by atoms with E-state index in [1.54, 1.807) is 11.1 Å². The maximum absolute atomic E-state index is 5.98. The maximum Gasteiger partial charge on any atom is 0.0648 e. The summed E-state index contributed by atoms with van der Waals surface area (Å²) in [6.07, 6.45) is 21.6. The molecule has 1 aromatic carbocycles. The lowest BCUT2D eigenvalue weighted by atomic mass is 9.62. The summed E-state index contributed by atoms with van der Waals surface area (Å²) >= 11 is 0. The van der Waals surface area contributed by atoms with Crippen LogP contribution in [0.2, 0.25) is 0 Å². The van der Waals surface area contributed by atoms with Gasteiger partial charge in [-0.05, 0) is 118 Å². The van der Waals surface area contributed by atoms with E-state index in [4.69, 9.17) is 4.74 Å². The van der Waals surface area contributed by atoms with Gasteiger partial charge in [-0.1, -0.05) is 36.4 Å². The summed E-state index contributed by atoms with van der Waals surface area (Å²) in [6.45, 7) is 6.64. The maximum atomic E-state index is 5.98. The fourth-order valence-electron chi connectivity index (χ4n) is 6.48. The van der Waals surface area contributed by atoms with Gasteiger partial charge in [0, 0.05) is 0 Å². The molecule has 1 heteroatoms. The lowest BCUT2D eigenvalue weighted by Gasteiger charge is -2.44. The van der Waals surface area contributed by atoms with Crippen molar-refractivity contribution in [2.45, 2.75) is 83.7 Å². The van der Waals surface area contributed by atoms with Crippen LogP contribution >= 0.6 is 0 Å². The van der Waals surface area contributed by atoms with E-state index in [1.807, 2.05) is 6.08 Å². The molecule has 5 unspecified atom stereocenters. The van der Waals surface area contributed by atoms with Crippen molar-refractivity contribution >= 4 is 0 Å². The van der Waals surface area contributed by atoms with Crippen molar-refractivity contribution in [2.75, 3.05) is 6.61 Å². The minimum absolute atomic E-state index is 0.495. The molecule has 1 aromatic rings. The highest BCUT2D eigenvalue weighted by Crippen LogP contribution is 2.47. The molecular formula is C28H40O. The third kappa shape index (κ3) is 5.23. The summed E-state index contributed by atoms with van der Waals surface area (Å²) in [7, 11) is 0. The predicted molar refractivity (Wildman–Crippen MR) is 123 cm³/mol. The standard InChI is InChI=1S/C28H40O/c1-3-5-6-7-21-8-9-23-18-24(11-10-22(23)17-21)25-12-13-27-20-28(29-16-4-2)15-14-26(27)19-25/h3-5,8-9,17,24-28H,2,6-7,10-16,18-20H2,1H3/b5-3+. The van der Waals surface area contributed by atoms with Gasteiger partial charge in [-0.2, -0.15) is 0 Å². The van der Waals surface area contributed by atoms with Crippen LogP contribution in [-0.2, 0) is 24.0 Å². The fourth-order valence-corrected chi connectivity index (χ4v) is 6.48. The normalized spacial score (nSPS) is 32.0. The largest absolute Gasteiger partial charge is 0.374 e. The van der Waals surface area contributed by atoms with Crippen molar-refractivity contribution in [2.24, 2.45) is 23.7 Å². The van der Waals surface area contributed by atoms with E-state index in [0.29, 0.717) is 6.10 Å². The molecule has 0 saturated heterocycles. The van der Waals surface area contributed by atoms with E-state index >= 15 is 0 Å². The Morgan fingerprint density at radius 3 is 2.59 bits per heavy atom. The number of benzene rings is 1. The summed E-state index contributed by atoms with van der Waals surface area (Å²) in [5, 5.41) is 0. The van der Waals surface area contributed by atoms with E-state index in [2.05, 4.69) is 43.9 Å². The molecule has 0 heterocycles. The number of ether oxygens (including phenoxy) is 1. The quantitative estimate of drug-likeness (QED) is 0.450. The molecule has 3 aliphatic carbocycles. The molecule has 158 valence electrons. The number of rotatable bonds is 7. The summed E-state index contributed by atoms with van der Waals surface area (Å²) in [5.74, 6) is 3.77. The van der Waals surface area contributed by atoms with Gasteiger partial charge in [0.05, 0.1) is 12.7 Å². The molecule has 29 heavy (non-hydrogen) atoms. The van der Waals surface area contributed by atoms with Crippen molar-refractivity contribution in [3.63, 3.8) is 0 Å². The second-order valence-corrected chi connectivity index (χ2v) is 9.86. The van der Waals surface area contributed by atoms with Gasteiger partial charge < -0.3 is 4.74 Å². The Kier molecular flexibility index (Phi) is 7.29. The number of aryl methyl sites for hydroxylation is 2. The van der Waals surface area contributed by atoms with Gasteiger partial charge in [0.25, 0.3) is 0 Å². The van der Waals surface area contributed by atoms with Crippen molar-refractivity contribution < 1.29 is 4.74 Å².